The SMILES string of the molecule is Nc1cc(-c2nnnn2C2C3C4CCC(C4)C32)ccc1Cl. The van der Waals surface area contributed by atoms with Gasteiger partial charge < -0.3 is 5.73 Å². The van der Waals surface area contributed by atoms with Gasteiger partial charge >= 0.3 is 0 Å². The van der Waals surface area contributed by atoms with Gasteiger partial charge in [-0.25, -0.2) is 4.68 Å². The second-order valence-electron chi connectivity index (χ2n) is 6.66. The Morgan fingerprint density at radius 3 is 2.67 bits per heavy atom. The van der Waals surface area contributed by atoms with Gasteiger partial charge in [-0.1, -0.05) is 11.6 Å². The molecule has 1 heterocycles. The first-order valence-electron chi connectivity index (χ1n) is 7.57. The number of fused-ring (bicyclic) bond motifs is 5. The highest BCUT2D eigenvalue weighted by Crippen LogP contribution is 2.71. The minimum absolute atomic E-state index is 0.498. The molecule has 1 aromatic carbocycles. The first-order valence-corrected chi connectivity index (χ1v) is 7.95. The molecule has 3 aliphatic rings. The van der Waals surface area contributed by atoms with Crippen molar-refractivity contribution < 1.29 is 0 Å². The van der Waals surface area contributed by atoms with Gasteiger partial charge in [-0.2, -0.15) is 0 Å². The highest BCUT2D eigenvalue weighted by Gasteiger charge is 2.66. The summed E-state index contributed by atoms with van der Waals surface area (Å²) in [5, 5.41) is 13.0. The van der Waals surface area contributed by atoms with E-state index in [1.54, 1.807) is 0 Å². The van der Waals surface area contributed by atoms with Gasteiger partial charge in [0.1, 0.15) is 0 Å². The normalized spacial score (nSPS) is 36.0. The van der Waals surface area contributed by atoms with Crippen molar-refractivity contribution in [1.82, 2.24) is 20.2 Å². The molecule has 0 saturated heterocycles. The third kappa shape index (κ3) is 1.55. The molecule has 5 rings (SSSR count). The Bertz CT molecular complexity index is 711. The van der Waals surface area contributed by atoms with Crippen molar-refractivity contribution >= 4 is 17.3 Å². The average molecular weight is 302 g/mol. The molecule has 0 aliphatic heterocycles. The lowest BCUT2D eigenvalue weighted by atomic mass is 10.0. The number of hydrogen-bond acceptors (Lipinski definition) is 4. The van der Waals surface area contributed by atoms with Crippen molar-refractivity contribution in [3.63, 3.8) is 0 Å². The van der Waals surface area contributed by atoms with Crippen LogP contribution in [0.5, 0.6) is 0 Å². The van der Waals surface area contributed by atoms with Crippen LogP contribution < -0.4 is 5.73 Å². The standard InChI is InChI=1S/C15H16ClN5/c16-10-4-3-9(6-11(10)17)15-18-19-20-21(15)14-12-7-1-2-8(5-7)13(12)14/h3-4,6-8,12-14H,1-2,5,17H2. The minimum Gasteiger partial charge on any atom is -0.398 e. The molecule has 6 heteroatoms. The predicted molar refractivity (Wildman–Crippen MR) is 79.5 cm³/mol. The van der Waals surface area contributed by atoms with Crippen LogP contribution in [0, 0.1) is 23.7 Å². The number of halogens is 1. The summed E-state index contributed by atoms with van der Waals surface area (Å²) in [5.41, 5.74) is 7.42. The number of nitrogen functional groups attached to an aromatic ring is 1. The summed E-state index contributed by atoms with van der Waals surface area (Å²) in [4.78, 5) is 0. The number of nitrogens with zero attached hydrogens (tertiary/aromatic N) is 4. The summed E-state index contributed by atoms with van der Waals surface area (Å²) < 4.78 is 2.03. The molecule has 0 spiro atoms. The Labute approximate surface area is 127 Å². The maximum Gasteiger partial charge on any atom is 0.182 e. The van der Waals surface area contributed by atoms with Crippen molar-refractivity contribution in [3.8, 4) is 11.4 Å². The van der Waals surface area contributed by atoms with Gasteiger partial charge in [0.2, 0.25) is 0 Å². The summed E-state index contributed by atoms with van der Waals surface area (Å²) in [7, 11) is 0. The molecule has 2 bridgehead atoms. The summed E-state index contributed by atoms with van der Waals surface area (Å²) >= 11 is 6.00. The zero-order valence-corrected chi connectivity index (χ0v) is 12.2. The highest BCUT2D eigenvalue weighted by atomic mass is 35.5. The Kier molecular flexibility index (Phi) is 2.27. The highest BCUT2D eigenvalue weighted by molar-refractivity contribution is 6.33. The molecule has 1 aromatic heterocycles. The average Bonchev–Trinajstić information content (AvgIpc) is 2.90. The van der Waals surface area contributed by atoms with Gasteiger partial charge in [-0.15, -0.1) is 5.10 Å². The summed E-state index contributed by atoms with van der Waals surface area (Å²) in [6, 6.07) is 6.10. The van der Waals surface area contributed by atoms with Gasteiger partial charge in [0.25, 0.3) is 0 Å². The molecule has 3 saturated carbocycles. The van der Waals surface area contributed by atoms with Gasteiger partial charge in [0.05, 0.1) is 16.8 Å². The van der Waals surface area contributed by atoms with E-state index >= 15 is 0 Å². The fourth-order valence-electron chi connectivity index (χ4n) is 4.87. The van der Waals surface area contributed by atoms with E-state index in [2.05, 4.69) is 15.5 Å². The second-order valence-corrected chi connectivity index (χ2v) is 7.07. The number of anilines is 1. The molecule has 3 aliphatic carbocycles. The molecule has 0 amide bonds. The topological polar surface area (TPSA) is 69.6 Å². The van der Waals surface area contributed by atoms with Crippen LogP contribution in [0.2, 0.25) is 5.02 Å². The van der Waals surface area contributed by atoms with E-state index in [-0.39, 0.29) is 0 Å². The van der Waals surface area contributed by atoms with Crippen molar-refractivity contribution in [2.45, 2.75) is 25.3 Å². The van der Waals surface area contributed by atoms with Crippen molar-refractivity contribution in [3.05, 3.63) is 23.2 Å². The number of nitrogens with two attached hydrogens (primary N) is 1. The van der Waals surface area contributed by atoms with Gasteiger partial charge in [0, 0.05) is 5.56 Å². The maximum absolute atomic E-state index is 6.00. The number of aromatic nitrogens is 4. The van der Waals surface area contributed by atoms with Gasteiger partial charge in [-0.05, 0) is 71.6 Å². The largest absolute Gasteiger partial charge is 0.398 e. The van der Waals surface area contributed by atoms with Crippen LogP contribution in [0.25, 0.3) is 11.4 Å². The van der Waals surface area contributed by atoms with E-state index in [0.717, 1.165) is 35.1 Å². The quantitative estimate of drug-likeness (QED) is 0.866. The molecule has 0 radical (unpaired) electrons. The molecule has 4 atom stereocenters. The number of tetrazole rings is 1. The van der Waals surface area contributed by atoms with Crippen LogP contribution in [0.15, 0.2) is 18.2 Å². The van der Waals surface area contributed by atoms with Gasteiger partial charge in [0.15, 0.2) is 5.82 Å². The Morgan fingerprint density at radius 1 is 1.19 bits per heavy atom. The lowest BCUT2D eigenvalue weighted by molar-refractivity contribution is 0.427. The monoisotopic (exact) mass is 301 g/mol. The number of hydrogen-bond donors (Lipinski definition) is 1. The molecule has 108 valence electrons. The first-order chi connectivity index (χ1) is 10.2. The fourth-order valence-corrected chi connectivity index (χ4v) is 4.99. The van der Waals surface area contributed by atoms with Crippen LogP contribution >= 0.6 is 11.6 Å². The van der Waals surface area contributed by atoms with Gasteiger partial charge in [-0.3, -0.25) is 0 Å². The van der Waals surface area contributed by atoms with E-state index in [1.165, 1.54) is 19.3 Å². The van der Waals surface area contributed by atoms with Crippen LogP contribution in [-0.2, 0) is 0 Å². The van der Waals surface area contributed by atoms with E-state index in [9.17, 15) is 0 Å². The first kappa shape index (κ1) is 12.0. The fraction of sp³-hybridized carbons (Fsp3) is 0.533. The van der Waals surface area contributed by atoms with E-state index in [1.807, 2.05) is 22.9 Å². The smallest absolute Gasteiger partial charge is 0.182 e. The van der Waals surface area contributed by atoms with Crippen molar-refractivity contribution in [1.29, 1.82) is 0 Å². The Balaban J connectivity index is 1.53. The molecule has 2 aromatic rings. The van der Waals surface area contributed by atoms with Crippen molar-refractivity contribution in [2.24, 2.45) is 23.7 Å². The Hall–Kier alpha value is -1.62. The molecular formula is C15H16ClN5. The second kappa shape index (κ2) is 3.97. The zero-order chi connectivity index (χ0) is 14.1. The molecule has 4 unspecified atom stereocenters. The third-order valence-corrected chi connectivity index (χ3v) is 6.07. The lowest BCUT2D eigenvalue weighted by Crippen LogP contribution is -2.08. The summed E-state index contributed by atoms with van der Waals surface area (Å²) in [6.07, 6.45) is 4.22. The molecule has 5 nitrogen and oxygen atoms in total. The minimum atomic E-state index is 0.498. The van der Waals surface area contributed by atoms with Crippen LogP contribution in [0.4, 0.5) is 5.69 Å². The molecule has 3 fully saturated rings. The zero-order valence-electron chi connectivity index (χ0n) is 11.5. The molecule has 21 heavy (non-hydrogen) atoms. The summed E-state index contributed by atoms with van der Waals surface area (Å²) in [5.74, 6) is 4.22. The van der Waals surface area contributed by atoms with Crippen LogP contribution in [0.1, 0.15) is 25.3 Å². The van der Waals surface area contributed by atoms with Crippen LogP contribution in [0.3, 0.4) is 0 Å². The number of rotatable bonds is 2. The van der Waals surface area contributed by atoms with Crippen LogP contribution in [-0.4, -0.2) is 20.2 Å². The van der Waals surface area contributed by atoms with E-state index in [4.69, 9.17) is 17.3 Å². The predicted octanol–water partition coefficient (Wildman–Crippen LogP) is 2.79. The maximum atomic E-state index is 6.00. The van der Waals surface area contributed by atoms with E-state index < -0.39 is 0 Å². The molecule has 2 N–H and O–H groups in total. The third-order valence-electron chi connectivity index (χ3n) is 5.72. The van der Waals surface area contributed by atoms with E-state index in [0.29, 0.717) is 16.8 Å². The number of benzene rings is 1. The lowest BCUT2D eigenvalue weighted by Gasteiger charge is -2.10. The molecular weight excluding hydrogens is 286 g/mol. The Morgan fingerprint density at radius 2 is 1.95 bits per heavy atom. The summed E-state index contributed by atoms with van der Waals surface area (Å²) in [6.45, 7) is 0. The van der Waals surface area contributed by atoms with Crippen molar-refractivity contribution in [2.75, 3.05) is 5.73 Å².